The van der Waals surface area contributed by atoms with E-state index >= 15 is 0 Å². The molecule has 0 radical (unpaired) electrons. The van der Waals surface area contributed by atoms with Crippen LogP contribution >= 0.6 is 0 Å². The fraction of sp³-hybridized carbons (Fsp3) is 0.571. The molecular weight excluding hydrogens is 201 g/mol. The second kappa shape index (κ2) is 5.44. The maximum atomic E-state index is 13.0. The summed E-state index contributed by atoms with van der Waals surface area (Å²) >= 11 is 0. The lowest BCUT2D eigenvalue weighted by Gasteiger charge is -2.06. The first-order valence-corrected chi connectivity index (χ1v) is 6.24. The number of aryl methyl sites for hydroxylation is 2. The molecule has 0 aliphatic heterocycles. The van der Waals surface area contributed by atoms with E-state index in [1.807, 2.05) is 6.07 Å². The molecule has 0 saturated heterocycles. The molecule has 0 aromatic heterocycles. The predicted octanol–water partition coefficient (Wildman–Crippen LogP) is 3.21. The average Bonchev–Trinajstić information content (AvgIpc) is 3.06. The van der Waals surface area contributed by atoms with Crippen LogP contribution in [0.5, 0.6) is 0 Å². The predicted molar refractivity (Wildman–Crippen MR) is 65.1 cm³/mol. The minimum Gasteiger partial charge on any atom is -0.314 e. The number of hydrogen-bond acceptors (Lipinski definition) is 1. The van der Waals surface area contributed by atoms with Gasteiger partial charge < -0.3 is 5.32 Å². The van der Waals surface area contributed by atoms with Crippen LogP contribution < -0.4 is 5.32 Å². The minimum absolute atomic E-state index is 0.114. The molecule has 1 nitrogen and oxygen atoms in total. The molecular formula is C14H20FN. The van der Waals surface area contributed by atoms with E-state index in [1.54, 1.807) is 6.07 Å². The van der Waals surface area contributed by atoms with E-state index in [2.05, 4.69) is 12.2 Å². The highest BCUT2D eigenvalue weighted by Gasteiger charge is 2.19. The Hall–Kier alpha value is -0.890. The van der Waals surface area contributed by atoms with E-state index in [0.717, 1.165) is 31.0 Å². The van der Waals surface area contributed by atoms with Crippen LogP contribution in [0.15, 0.2) is 18.2 Å². The molecule has 2 rings (SSSR count). The number of hydrogen-bond donors (Lipinski definition) is 1. The summed E-state index contributed by atoms with van der Waals surface area (Å²) in [7, 11) is 0. The second-order valence-corrected chi connectivity index (χ2v) is 4.76. The molecule has 1 saturated carbocycles. The van der Waals surface area contributed by atoms with Crippen molar-refractivity contribution in [1.29, 1.82) is 0 Å². The Bertz CT molecular complexity index is 345. The van der Waals surface area contributed by atoms with Gasteiger partial charge in [-0.25, -0.2) is 4.39 Å². The van der Waals surface area contributed by atoms with Gasteiger partial charge in [0.25, 0.3) is 0 Å². The molecule has 0 heterocycles. The Morgan fingerprint density at radius 3 is 2.88 bits per heavy atom. The Labute approximate surface area is 97.1 Å². The number of nitrogens with one attached hydrogen (secondary N) is 1. The molecule has 1 aliphatic rings. The Morgan fingerprint density at radius 1 is 1.31 bits per heavy atom. The highest BCUT2D eigenvalue weighted by Crippen LogP contribution is 2.18. The normalized spacial score (nSPS) is 15.4. The Morgan fingerprint density at radius 2 is 2.12 bits per heavy atom. The maximum Gasteiger partial charge on any atom is 0.123 e. The SMILES string of the molecule is Cc1ccc(F)cc1CCCCNC1CC1. The molecule has 1 fully saturated rings. The van der Waals surface area contributed by atoms with E-state index in [4.69, 9.17) is 0 Å². The molecule has 1 aromatic carbocycles. The number of unbranched alkanes of at least 4 members (excludes halogenated alkanes) is 1. The fourth-order valence-corrected chi connectivity index (χ4v) is 1.94. The van der Waals surface area contributed by atoms with Crippen LogP contribution in [-0.2, 0) is 6.42 Å². The molecule has 0 amide bonds. The molecule has 1 N–H and O–H groups in total. The van der Waals surface area contributed by atoms with Crippen LogP contribution in [0.1, 0.15) is 36.8 Å². The van der Waals surface area contributed by atoms with Crippen molar-refractivity contribution in [2.75, 3.05) is 6.54 Å². The van der Waals surface area contributed by atoms with Crippen molar-refractivity contribution < 1.29 is 4.39 Å². The minimum atomic E-state index is -0.114. The number of rotatable bonds is 6. The summed E-state index contributed by atoms with van der Waals surface area (Å²) in [5.41, 5.74) is 2.36. The van der Waals surface area contributed by atoms with Crippen LogP contribution in [0.4, 0.5) is 4.39 Å². The third kappa shape index (κ3) is 3.60. The van der Waals surface area contributed by atoms with Crippen molar-refractivity contribution >= 4 is 0 Å². The first-order chi connectivity index (χ1) is 7.75. The van der Waals surface area contributed by atoms with Gasteiger partial charge in [-0.3, -0.25) is 0 Å². The second-order valence-electron chi connectivity index (χ2n) is 4.76. The summed E-state index contributed by atoms with van der Waals surface area (Å²) in [6.45, 7) is 3.16. The van der Waals surface area contributed by atoms with Gasteiger partial charge in [-0.15, -0.1) is 0 Å². The van der Waals surface area contributed by atoms with Gasteiger partial charge in [0.2, 0.25) is 0 Å². The van der Waals surface area contributed by atoms with Crippen LogP contribution in [0, 0.1) is 12.7 Å². The molecule has 0 spiro atoms. The van der Waals surface area contributed by atoms with Crippen molar-refractivity contribution in [1.82, 2.24) is 5.32 Å². The van der Waals surface area contributed by atoms with Gasteiger partial charge in [0.15, 0.2) is 0 Å². The van der Waals surface area contributed by atoms with Crippen molar-refractivity contribution in [3.8, 4) is 0 Å². The van der Waals surface area contributed by atoms with Crippen LogP contribution in [-0.4, -0.2) is 12.6 Å². The van der Waals surface area contributed by atoms with Gasteiger partial charge in [-0.1, -0.05) is 6.07 Å². The van der Waals surface area contributed by atoms with E-state index in [1.165, 1.54) is 30.9 Å². The molecule has 2 heteroatoms. The molecule has 0 unspecified atom stereocenters. The Balaban J connectivity index is 1.69. The summed E-state index contributed by atoms with van der Waals surface area (Å²) in [4.78, 5) is 0. The van der Waals surface area contributed by atoms with Gasteiger partial charge in [0, 0.05) is 6.04 Å². The highest BCUT2D eigenvalue weighted by molar-refractivity contribution is 5.26. The number of benzene rings is 1. The molecule has 88 valence electrons. The largest absolute Gasteiger partial charge is 0.314 e. The van der Waals surface area contributed by atoms with Crippen LogP contribution in [0.3, 0.4) is 0 Å². The van der Waals surface area contributed by atoms with Crippen LogP contribution in [0.25, 0.3) is 0 Å². The molecule has 0 atom stereocenters. The summed E-state index contributed by atoms with van der Waals surface area (Å²) in [6.07, 6.45) is 6.03. The number of halogens is 1. The zero-order chi connectivity index (χ0) is 11.4. The monoisotopic (exact) mass is 221 g/mol. The lowest BCUT2D eigenvalue weighted by Crippen LogP contribution is -2.17. The Kier molecular flexibility index (Phi) is 3.94. The smallest absolute Gasteiger partial charge is 0.123 e. The molecule has 16 heavy (non-hydrogen) atoms. The zero-order valence-electron chi connectivity index (χ0n) is 9.93. The van der Waals surface area contributed by atoms with Gasteiger partial charge in [-0.05, 0) is 68.8 Å². The van der Waals surface area contributed by atoms with Crippen molar-refractivity contribution in [3.05, 3.63) is 35.1 Å². The van der Waals surface area contributed by atoms with Crippen molar-refractivity contribution in [2.45, 2.75) is 45.1 Å². The molecule has 1 aliphatic carbocycles. The van der Waals surface area contributed by atoms with E-state index < -0.39 is 0 Å². The zero-order valence-corrected chi connectivity index (χ0v) is 9.93. The van der Waals surface area contributed by atoms with Gasteiger partial charge in [0.1, 0.15) is 5.82 Å². The first kappa shape index (κ1) is 11.6. The van der Waals surface area contributed by atoms with Gasteiger partial charge >= 0.3 is 0 Å². The lowest BCUT2D eigenvalue weighted by atomic mass is 10.0. The highest BCUT2D eigenvalue weighted by atomic mass is 19.1. The standard InChI is InChI=1S/C14H20FN/c1-11-5-6-13(15)10-12(11)4-2-3-9-16-14-7-8-14/h5-6,10,14,16H,2-4,7-9H2,1H3. The average molecular weight is 221 g/mol. The van der Waals surface area contributed by atoms with E-state index in [-0.39, 0.29) is 5.82 Å². The topological polar surface area (TPSA) is 12.0 Å². The quantitative estimate of drug-likeness (QED) is 0.727. The summed E-state index contributed by atoms with van der Waals surface area (Å²) < 4.78 is 13.0. The summed E-state index contributed by atoms with van der Waals surface area (Å²) in [6, 6.07) is 5.88. The fourth-order valence-electron chi connectivity index (χ4n) is 1.94. The molecule has 0 bridgehead atoms. The van der Waals surface area contributed by atoms with E-state index in [9.17, 15) is 4.39 Å². The van der Waals surface area contributed by atoms with Gasteiger partial charge in [0.05, 0.1) is 0 Å². The third-order valence-electron chi connectivity index (χ3n) is 3.19. The summed E-state index contributed by atoms with van der Waals surface area (Å²) in [5, 5.41) is 3.49. The maximum absolute atomic E-state index is 13.0. The van der Waals surface area contributed by atoms with Crippen molar-refractivity contribution in [2.24, 2.45) is 0 Å². The first-order valence-electron chi connectivity index (χ1n) is 6.24. The third-order valence-corrected chi connectivity index (χ3v) is 3.19. The molecule has 1 aromatic rings. The lowest BCUT2D eigenvalue weighted by molar-refractivity contribution is 0.610. The van der Waals surface area contributed by atoms with Crippen LogP contribution in [0.2, 0.25) is 0 Å². The summed E-state index contributed by atoms with van der Waals surface area (Å²) in [5.74, 6) is -0.114. The van der Waals surface area contributed by atoms with E-state index in [0.29, 0.717) is 0 Å². The van der Waals surface area contributed by atoms with Gasteiger partial charge in [-0.2, -0.15) is 0 Å². The van der Waals surface area contributed by atoms with Crippen molar-refractivity contribution in [3.63, 3.8) is 0 Å².